The summed E-state index contributed by atoms with van der Waals surface area (Å²) in [4.78, 5) is 34.7. The van der Waals surface area contributed by atoms with Crippen LogP contribution in [0, 0.1) is 19.8 Å². The first-order chi connectivity index (χ1) is 17.6. The highest BCUT2D eigenvalue weighted by atomic mass is 16.2. The van der Waals surface area contributed by atoms with E-state index < -0.39 is 0 Å². The standard InChI is InChI=1S/C28H37N7O/c1-20-9-10-21(2)23(17-20)32-13-15-33(16-14-32)28(36)22-7-6-11-34(18-22)26-25-27(30-19-29-26)35-12-5-3-4-8-24(35)31-25/h9-10,17,19,22H,3-8,11-16,18H2,1-2H3/t22-/m1/s1. The molecule has 0 radical (unpaired) electrons. The number of carbonyl (C=O) groups is 1. The van der Waals surface area contributed by atoms with Crippen molar-refractivity contribution in [2.24, 2.45) is 5.92 Å². The first kappa shape index (κ1) is 23.3. The second-order valence-electron chi connectivity index (χ2n) is 10.7. The Hall–Kier alpha value is -3.16. The maximum absolute atomic E-state index is 13.6. The minimum Gasteiger partial charge on any atom is -0.368 e. The van der Waals surface area contributed by atoms with Gasteiger partial charge in [0.15, 0.2) is 17.0 Å². The molecule has 0 aliphatic carbocycles. The van der Waals surface area contributed by atoms with Crippen molar-refractivity contribution in [2.45, 2.75) is 58.9 Å². The Morgan fingerprint density at radius 2 is 1.78 bits per heavy atom. The largest absolute Gasteiger partial charge is 0.368 e. The molecule has 6 rings (SSSR count). The zero-order chi connectivity index (χ0) is 24.6. The van der Waals surface area contributed by atoms with Gasteiger partial charge in [0.25, 0.3) is 0 Å². The van der Waals surface area contributed by atoms with E-state index in [1.807, 2.05) is 0 Å². The molecule has 190 valence electrons. The molecule has 1 amide bonds. The van der Waals surface area contributed by atoms with Crippen LogP contribution in [-0.2, 0) is 17.8 Å². The second kappa shape index (κ2) is 9.71. The van der Waals surface area contributed by atoms with Gasteiger partial charge in [-0.3, -0.25) is 4.79 Å². The van der Waals surface area contributed by atoms with Gasteiger partial charge in [0.05, 0.1) is 5.92 Å². The Kier molecular flexibility index (Phi) is 6.27. The maximum atomic E-state index is 13.6. The van der Waals surface area contributed by atoms with Crippen molar-refractivity contribution in [1.29, 1.82) is 0 Å². The summed E-state index contributed by atoms with van der Waals surface area (Å²) in [5.41, 5.74) is 5.75. The van der Waals surface area contributed by atoms with E-state index >= 15 is 0 Å². The summed E-state index contributed by atoms with van der Waals surface area (Å²) in [7, 11) is 0. The molecule has 8 heteroatoms. The highest BCUT2D eigenvalue weighted by molar-refractivity contribution is 5.85. The van der Waals surface area contributed by atoms with Crippen LogP contribution in [0.5, 0.6) is 0 Å². The molecule has 8 nitrogen and oxygen atoms in total. The SMILES string of the molecule is Cc1ccc(C)c(N2CCN(C(=O)[C@@H]3CCCN(c4ncnc5c4nc4n5CCCCC4)C3)CC2)c1. The first-order valence-corrected chi connectivity index (χ1v) is 13.6. The molecule has 2 saturated heterocycles. The third-order valence-corrected chi connectivity index (χ3v) is 8.24. The molecule has 3 aliphatic rings. The normalized spacial score (nSPS) is 20.9. The van der Waals surface area contributed by atoms with Crippen molar-refractivity contribution in [3.63, 3.8) is 0 Å². The van der Waals surface area contributed by atoms with E-state index in [0.29, 0.717) is 12.5 Å². The van der Waals surface area contributed by atoms with Gasteiger partial charge in [-0.1, -0.05) is 18.6 Å². The first-order valence-electron chi connectivity index (χ1n) is 13.6. The van der Waals surface area contributed by atoms with Gasteiger partial charge in [-0.2, -0.15) is 0 Å². The van der Waals surface area contributed by atoms with E-state index in [1.165, 1.54) is 36.1 Å². The molecule has 5 heterocycles. The number of piperidine rings is 1. The third-order valence-electron chi connectivity index (χ3n) is 8.24. The zero-order valence-electron chi connectivity index (χ0n) is 21.6. The fraction of sp³-hybridized carbons (Fsp3) is 0.571. The summed E-state index contributed by atoms with van der Waals surface area (Å²) >= 11 is 0. The number of piperazine rings is 1. The summed E-state index contributed by atoms with van der Waals surface area (Å²) in [6, 6.07) is 6.63. The van der Waals surface area contributed by atoms with Crippen molar-refractivity contribution in [1.82, 2.24) is 24.4 Å². The summed E-state index contributed by atoms with van der Waals surface area (Å²) in [5, 5.41) is 0. The number of carbonyl (C=O) groups excluding carboxylic acids is 1. The number of benzene rings is 1. The molecule has 2 aromatic heterocycles. The van der Waals surface area contributed by atoms with Gasteiger partial charge < -0.3 is 19.3 Å². The van der Waals surface area contributed by atoms with Gasteiger partial charge in [-0.15, -0.1) is 0 Å². The molecule has 0 bridgehead atoms. The highest BCUT2D eigenvalue weighted by Gasteiger charge is 2.33. The third kappa shape index (κ3) is 4.31. The van der Waals surface area contributed by atoms with Crippen LogP contribution in [-0.4, -0.2) is 69.6 Å². The minimum atomic E-state index is 0.0106. The molecule has 0 N–H and O–H groups in total. The number of fused-ring (bicyclic) bond motifs is 3. The summed E-state index contributed by atoms with van der Waals surface area (Å²) < 4.78 is 2.29. The average molecular weight is 488 g/mol. The van der Waals surface area contributed by atoms with Gasteiger partial charge in [-0.05, 0) is 56.7 Å². The molecule has 0 spiro atoms. The number of amides is 1. The van der Waals surface area contributed by atoms with Crippen LogP contribution in [0.4, 0.5) is 11.5 Å². The topological polar surface area (TPSA) is 70.4 Å². The van der Waals surface area contributed by atoms with E-state index in [-0.39, 0.29) is 5.92 Å². The number of aromatic nitrogens is 4. The van der Waals surface area contributed by atoms with Crippen molar-refractivity contribution in [2.75, 3.05) is 49.1 Å². The van der Waals surface area contributed by atoms with Gasteiger partial charge in [0, 0.05) is 57.9 Å². The van der Waals surface area contributed by atoms with Crippen LogP contribution < -0.4 is 9.80 Å². The molecule has 36 heavy (non-hydrogen) atoms. The number of nitrogens with zero attached hydrogens (tertiary/aromatic N) is 7. The Bertz CT molecular complexity index is 1260. The number of hydrogen-bond acceptors (Lipinski definition) is 6. The molecular formula is C28H37N7O. The lowest BCUT2D eigenvalue weighted by Gasteiger charge is -2.40. The molecule has 2 fully saturated rings. The van der Waals surface area contributed by atoms with Crippen molar-refractivity contribution in [3.8, 4) is 0 Å². The molecule has 3 aliphatic heterocycles. The molecule has 1 atom stereocenters. The van der Waals surface area contributed by atoms with E-state index in [9.17, 15) is 4.79 Å². The lowest BCUT2D eigenvalue weighted by Crippen LogP contribution is -2.52. The summed E-state index contributed by atoms with van der Waals surface area (Å²) in [5.74, 6) is 2.34. The van der Waals surface area contributed by atoms with Crippen LogP contribution >= 0.6 is 0 Å². The summed E-state index contributed by atoms with van der Waals surface area (Å²) in [6.45, 7) is 10.3. The van der Waals surface area contributed by atoms with E-state index in [1.54, 1.807) is 6.33 Å². The number of rotatable bonds is 3. The summed E-state index contributed by atoms with van der Waals surface area (Å²) in [6.07, 6.45) is 8.23. The van der Waals surface area contributed by atoms with E-state index in [0.717, 1.165) is 81.3 Å². The lowest BCUT2D eigenvalue weighted by atomic mass is 9.96. The Labute approximate surface area is 213 Å². The minimum absolute atomic E-state index is 0.0106. The predicted molar refractivity (Wildman–Crippen MR) is 143 cm³/mol. The molecular weight excluding hydrogens is 450 g/mol. The zero-order valence-corrected chi connectivity index (χ0v) is 21.6. The number of aryl methyl sites for hydroxylation is 4. The number of anilines is 2. The van der Waals surface area contributed by atoms with Gasteiger partial charge in [-0.25, -0.2) is 15.0 Å². The second-order valence-corrected chi connectivity index (χ2v) is 10.7. The van der Waals surface area contributed by atoms with Crippen molar-refractivity contribution < 1.29 is 4.79 Å². The predicted octanol–water partition coefficient (Wildman–Crippen LogP) is 3.73. The fourth-order valence-corrected chi connectivity index (χ4v) is 6.21. The van der Waals surface area contributed by atoms with Crippen molar-refractivity contribution in [3.05, 3.63) is 41.5 Å². The number of imidazole rings is 1. The van der Waals surface area contributed by atoms with Gasteiger partial charge in [0.1, 0.15) is 12.2 Å². The van der Waals surface area contributed by atoms with Gasteiger partial charge >= 0.3 is 0 Å². The monoisotopic (exact) mass is 487 g/mol. The lowest BCUT2D eigenvalue weighted by molar-refractivity contribution is -0.136. The van der Waals surface area contributed by atoms with Crippen LogP contribution in [0.25, 0.3) is 11.2 Å². The molecule has 3 aromatic rings. The Morgan fingerprint density at radius 1 is 0.917 bits per heavy atom. The van der Waals surface area contributed by atoms with Crippen LogP contribution in [0.1, 0.15) is 49.1 Å². The van der Waals surface area contributed by atoms with Crippen LogP contribution in [0.2, 0.25) is 0 Å². The van der Waals surface area contributed by atoms with E-state index in [2.05, 4.69) is 61.3 Å². The van der Waals surface area contributed by atoms with Gasteiger partial charge in [0.2, 0.25) is 5.91 Å². The quantitative estimate of drug-likeness (QED) is 0.561. The average Bonchev–Trinajstić information content (AvgIpc) is 3.10. The Balaban J connectivity index is 1.15. The smallest absolute Gasteiger partial charge is 0.227 e. The molecule has 1 aromatic carbocycles. The van der Waals surface area contributed by atoms with Crippen LogP contribution in [0.15, 0.2) is 24.5 Å². The maximum Gasteiger partial charge on any atom is 0.227 e. The number of hydrogen-bond donors (Lipinski definition) is 0. The van der Waals surface area contributed by atoms with E-state index in [4.69, 9.17) is 4.98 Å². The fourth-order valence-electron chi connectivity index (χ4n) is 6.21. The molecule has 0 unspecified atom stereocenters. The van der Waals surface area contributed by atoms with Crippen molar-refractivity contribution >= 4 is 28.6 Å². The highest BCUT2D eigenvalue weighted by Crippen LogP contribution is 2.30. The molecule has 0 saturated carbocycles. The van der Waals surface area contributed by atoms with Crippen LogP contribution in [0.3, 0.4) is 0 Å². The Morgan fingerprint density at radius 3 is 2.64 bits per heavy atom.